The molecule has 4 heteroatoms. The summed E-state index contributed by atoms with van der Waals surface area (Å²) in [5.41, 5.74) is 1.19. The number of hydrogen-bond donors (Lipinski definition) is 1. The number of likely N-dealkylation sites (tertiary alicyclic amines) is 1. The molecule has 1 heterocycles. The molecule has 0 unspecified atom stereocenters. The third kappa shape index (κ3) is 3.74. The second-order valence-electron chi connectivity index (χ2n) is 6.95. The van der Waals surface area contributed by atoms with E-state index >= 15 is 0 Å². The number of benzene rings is 1. The molecule has 1 saturated carbocycles. The van der Waals surface area contributed by atoms with Crippen LogP contribution in [-0.4, -0.2) is 30.3 Å². The van der Waals surface area contributed by atoms with E-state index < -0.39 is 0 Å². The van der Waals surface area contributed by atoms with Gasteiger partial charge in [-0.3, -0.25) is 9.59 Å². The molecule has 0 aromatic heterocycles. The van der Waals surface area contributed by atoms with Crippen LogP contribution in [0.3, 0.4) is 0 Å². The normalized spacial score (nSPS) is 23.8. The number of nitrogens with zero attached hydrogens (tertiary/aromatic N) is 1. The van der Waals surface area contributed by atoms with E-state index in [0.29, 0.717) is 18.9 Å². The molecule has 4 nitrogen and oxygen atoms in total. The van der Waals surface area contributed by atoms with Gasteiger partial charge in [-0.2, -0.15) is 0 Å². The Kier molecular flexibility index (Phi) is 4.99. The number of carbonyl (C=O) groups is 2. The third-order valence-electron chi connectivity index (χ3n) is 5.36. The maximum atomic E-state index is 12.7. The summed E-state index contributed by atoms with van der Waals surface area (Å²) < 4.78 is 0. The van der Waals surface area contributed by atoms with E-state index in [0.717, 1.165) is 6.42 Å². The first-order valence-corrected chi connectivity index (χ1v) is 8.74. The smallest absolute Gasteiger partial charge is 0.224 e. The average molecular weight is 314 g/mol. The molecule has 1 aliphatic heterocycles. The minimum absolute atomic E-state index is 0.0483. The van der Waals surface area contributed by atoms with Crippen LogP contribution in [0.25, 0.3) is 0 Å². The Morgan fingerprint density at radius 2 is 1.87 bits per heavy atom. The van der Waals surface area contributed by atoms with Crippen molar-refractivity contribution in [3.05, 3.63) is 35.9 Å². The number of hydrogen-bond acceptors (Lipinski definition) is 2. The van der Waals surface area contributed by atoms with E-state index in [-0.39, 0.29) is 23.8 Å². The van der Waals surface area contributed by atoms with Crippen molar-refractivity contribution in [2.75, 3.05) is 13.6 Å². The fraction of sp³-hybridized carbons (Fsp3) is 0.579. The van der Waals surface area contributed by atoms with Crippen molar-refractivity contribution < 1.29 is 9.59 Å². The standard InChI is InChI=1S/C19H26N2O2/c1-21-12-11-16(13-17(21)22)19(23)20-18(15-9-5-6-10-15)14-7-3-2-4-8-14/h2-4,7-8,15-16,18H,5-6,9-13H2,1H3,(H,20,23)/t16-,18-/m1/s1. The summed E-state index contributed by atoms with van der Waals surface area (Å²) in [6, 6.07) is 10.4. The van der Waals surface area contributed by atoms with E-state index in [1.807, 2.05) is 25.2 Å². The molecule has 2 fully saturated rings. The van der Waals surface area contributed by atoms with E-state index in [2.05, 4.69) is 17.4 Å². The quantitative estimate of drug-likeness (QED) is 0.929. The van der Waals surface area contributed by atoms with Crippen molar-refractivity contribution in [2.24, 2.45) is 11.8 Å². The summed E-state index contributed by atoms with van der Waals surface area (Å²) in [7, 11) is 1.81. The van der Waals surface area contributed by atoms with Gasteiger partial charge < -0.3 is 10.2 Å². The van der Waals surface area contributed by atoms with E-state index in [4.69, 9.17) is 0 Å². The predicted octanol–water partition coefficient (Wildman–Crippen LogP) is 2.90. The highest BCUT2D eigenvalue weighted by atomic mass is 16.2. The highest BCUT2D eigenvalue weighted by Gasteiger charge is 2.33. The van der Waals surface area contributed by atoms with Gasteiger partial charge in [-0.15, -0.1) is 0 Å². The molecule has 3 rings (SSSR count). The fourth-order valence-corrected chi connectivity index (χ4v) is 3.86. The van der Waals surface area contributed by atoms with Crippen LogP contribution >= 0.6 is 0 Å². The summed E-state index contributed by atoms with van der Waals surface area (Å²) in [5, 5.41) is 3.27. The van der Waals surface area contributed by atoms with Gasteiger partial charge in [0.1, 0.15) is 0 Å². The molecule has 2 aliphatic rings. The lowest BCUT2D eigenvalue weighted by molar-refractivity contribution is -0.139. The lowest BCUT2D eigenvalue weighted by Crippen LogP contribution is -2.43. The van der Waals surface area contributed by atoms with Crippen LogP contribution < -0.4 is 5.32 Å². The van der Waals surface area contributed by atoms with Crippen LogP contribution in [0.5, 0.6) is 0 Å². The largest absolute Gasteiger partial charge is 0.349 e. The Hall–Kier alpha value is -1.84. The summed E-state index contributed by atoms with van der Waals surface area (Å²) >= 11 is 0. The Balaban J connectivity index is 1.70. The highest BCUT2D eigenvalue weighted by Crippen LogP contribution is 2.36. The predicted molar refractivity (Wildman–Crippen MR) is 89.6 cm³/mol. The molecule has 2 amide bonds. The van der Waals surface area contributed by atoms with Gasteiger partial charge in [0, 0.05) is 25.9 Å². The number of nitrogens with one attached hydrogen (secondary N) is 1. The van der Waals surface area contributed by atoms with Gasteiger partial charge in [0.15, 0.2) is 0 Å². The molecular weight excluding hydrogens is 288 g/mol. The van der Waals surface area contributed by atoms with Crippen molar-refractivity contribution in [1.29, 1.82) is 0 Å². The van der Waals surface area contributed by atoms with Crippen molar-refractivity contribution in [2.45, 2.75) is 44.6 Å². The van der Waals surface area contributed by atoms with Crippen molar-refractivity contribution >= 4 is 11.8 Å². The van der Waals surface area contributed by atoms with Gasteiger partial charge in [0.25, 0.3) is 0 Å². The molecule has 1 aromatic rings. The molecule has 2 atom stereocenters. The SMILES string of the molecule is CN1CC[C@@H](C(=O)N[C@H](c2ccccc2)C2CCCC2)CC1=O. The maximum absolute atomic E-state index is 12.7. The molecule has 0 bridgehead atoms. The third-order valence-corrected chi connectivity index (χ3v) is 5.36. The Labute approximate surface area is 138 Å². The summed E-state index contributed by atoms with van der Waals surface area (Å²) in [4.78, 5) is 26.3. The Morgan fingerprint density at radius 1 is 1.17 bits per heavy atom. The molecule has 23 heavy (non-hydrogen) atoms. The fourth-order valence-electron chi connectivity index (χ4n) is 3.86. The molecule has 1 saturated heterocycles. The lowest BCUT2D eigenvalue weighted by atomic mass is 9.89. The lowest BCUT2D eigenvalue weighted by Gasteiger charge is -2.31. The van der Waals surface area contributed by atoms with Crippen LogP contribution in [0.1, 0.15) is 50.1 Å². The zero-order valence-electron chi connectivity index (χ0n) is 13.8. The van der Waals surface area contributed by atoms with Crippen molar-refractivity contribution in [3.63, 3.8) is 0 Å². The molecule has 1 aliphatic carbocycles. The van der Waals surface area contributed by atoms with Gasteiger partial charge in [0.05, 0.1) is 6.04 Å². The van der Waals surface area contributed by atoms with Crippen molar-refractivity contribution in [1.82, 2.24) is 10.2 Å². The van der Waals surface area contributed by atoms with Gasteiger partial charge in [-0.1, -0.05) is 43.2 Å². The van der Waals surface area contributed by atoms with Gasteiger partial charge >= 0.3 is 0 Å². The zero-order chi connectivity index (χ0) is 16.2. The number of piperidine rings is 1. The summed E-state index contributed by atoms with van der Waals surface area (Å²) in [6.07, 6.45) is 5.94. The molecule has 124 valence electrons. The molecule has 1 N–H and O–H groups in total. The first kappa shape index (κ1) is 16.0. The first-order valence-electron chi connectivity index (χ1n) is 8.74. The maximum Gasteiger partial charge on any atom is 0.224 e. The van der Waals surface area contributed by atoms with Crippen molar-refractivity contribution in [3.8, 4) is 0 Å². The number of rotatable bonds is 4. The average Bonchev–Trinajstić information content (AvgIpc) is 3.10. The van der Waals surface area contributed by atoms with Crippen LogP contribution in [0.2, 0.25) is 0 Å². The summed E-state index contributed by atoms with van der Waals surface area (Å²) in [6.45, 7) is 0.677. The topological polar surface area (TPSA) is 49.4 Å². The van der Waals surface area contributed by atoms with Crippen LogP contribution in [0.4, 0.5) is 0 Å². The molecule has 0 radical (unpaired) electrons. The van der Waals surface area contributed by atoms with Gasteiger partial charge in [-0.05, 0) is 30.7 Å². The monoisotopic (exact) mass is 314 g/mol. The first-order chi connectivity index (χ1) is 11.1. The molecule has 0 spiro atoms. The van der Waals surface area contributed by atoms with Gasteiger partial charge in [0.2, 0.25) is 11.8 Å². The minimum Gasteiger partial charge on any atom is -0.349 e. The van der Waals surface area contributed by atoms with E-state index in [9.17, 15) is 9.59 Å². The van der Waals surface area contributed by atoms with Crippen LogP contribution in [0, 0.1) is 11.8 Å². The molecule has 1 aromatic carbocycles. The van der Waals surface area contributed by atoms with E-state index in [1.165, 1.54) is 31.2 Å². The zero-order valence-corrected chi connectivity index (χ0v) is 13.8. The van der Waals surface area contributed by atoms with Crippen LogP contribution in [0.15, 0.2) is 30.3 Å². The minimum atomic E-state index is -0.175. The highest BCUT2D eigenvalue weighted by molar-refractivity contribution is 5.87. The Bertz CT molecular complexity index is 552. The van der Waals surface area contributed by atoms with E-state index in [1.54, 1.807) is 4.90 Å². The number of amides is 2. The second kappa shape index (κ2) is 7.16. The molecular formula is C19H26N2O2. The summed E-state index contributed by atoms with van der Waals surface area (Å²) in [5.74, 6) is 0.468. The number of carbonyl (C=O) groups excluding carboxylic acids is 2. The second-order valence-corrected chi connectivity index (χ2v) is 6.95. The van der Waals surface area contributed by atoms with Crippen LogP contribution in [-0.2, 0) is 9.59 Å². The Morgan fingerprint density at radius 3 is 2.52 bits per heavy atom. The van der Waals surface area contributed by atoms with Gasteiger partial charge in [-0.25, -0.2) is 0 Å².